The maximum atomic E-state index is 12.7. The van der Waals surface area contributed by atoms with E-state index < -0.39 is 0 Å². The van der Waals surface area contributed by atoms with Crippen molar-refractivity contribution in [3.63, 3.8) is 0 Å². The molecule has 1 amide bonds. The van der Waals surface area contributed by atoms with E-state index >= 15 is 0 Å². The van der Waals surface area contributed by atoms with Crippen molar-refractivity contribution in [2.75, 3.05) is 14.2 Å². The quantitative estimate of drug-likeness (QED) is 0.601. The number of hydrogen-bond acceptors (Lipinski definition) is 5. The Balaban J connectivity index is 1.63. The molecule has 5 nitrogen and oxygen atoms in total. The number of nitrogens with zero attached hydrogens (tertiary/aromatic N) is 1. The molecule has 3 aromatic rings. The van der Waals surface area contributed by atoms with Gasteiger partial charge in [0.05, 0.1) is 30.3 Å². The fourth-order valence-corrected chi connectivity index (χ4v) is 3.94. The van der Waals surface area contributed by atoms with Crippen molar-refractivity contribution in [3.8, 4) is 11.5 Å². The second-order valence-electron chi connectivity index (χ2n) is 6.74. The molecule has 1 heterocycles. The molecule has 1 aliphatic rings. The van der Waals surface area contributed by atoms with Crippen molar-refractivity contribution in [1.82, 2.24) is 10.3 Å². The lowest BCUT2D eigenvalue weighted by molar-refractivity contribution is 0.0952. The van der Waals surface area contributed by atoms with Crippen LogP contribution >= 0.6 is 11.8 Å². The van der Waals surface area contributed by atoms with Crippen LogP contribution in [0.25, 0.3) is 10.9 Å². The number of methoxy groups -OCH3 is 2. The first-order chi connectivity index (χ1) is 13.7. The second kappa shape index (κ2) is 8.10. The largest absolute Gasteiger partial charge is 0.497 e. The summed E-state index contributed by atoms with van der Waals surface area (Å²) in [5.74, 6) is 2.23. The normalized spacial score (nSPS) is 13.4. The Morgan fingerprint density at radius 2 is 1.96 bits per heavy atom. The van der Waals surface area contributed by atoms with Gasteiger partial charge >= 0.3 is 0 Å². The molecular formula is C22H22N2O3S. The van der Waals surface area contributed by atoms with Gasteiger partial charge in [-0.05, 0) is 43.2 Å². The van der Waals surface area contributed by atoms with Crippen molar-refractivity contribution >= 4 is 28.6 Å². The minimum Gasteiger partial charge on any atom is -0.497 e. The van der Waals surface area contributed by atoms with Gasteiger partial charge < -0.3 is 14.8 Å². The van der Waals surface area contributed by atoms with Gasteiger partial charge in [0.1, 0.15) is 11.5 Å². The highest BCUT2D eigenvalue weighted by Gasteiger charge is 2.25. The van der Waals surface area contributed by atoms with Crippen LogP contribution in [0.1, 0.15) is 28.8 Å². The van der Waals surface area contributed by atoms with E-state index in [1.165, 1.54) is 0 Å². The molecule has 1 aliphatic carbocycles. The maximum absolute atomic E-state index is 12.7. The summed E-state index contributed by atoms with van der Waals surface area (Å²) in [7, 11) is 3.30. The number of ether oxygens (including phenoxy) is 2. The average molecular weight is 394 g/mol. The van der Waals surface area contributed by atoms with Gasteiger partial charge in [0.25, 0.3) is 5.91 Å². The number of carbonyl (C=O) groups excluding carboxylic acids is 1. The predicted octanol–water partition coefficient (Wildman–Crippen LogP) is 4.44. The Morgan fingerprint density at radius 3 is 2.71 bits per heavy atom. The van der Waals surface area contributed by atoms with Crippen molar-refractivity contribution in [2.24, 2.45) is 0 Å². The number of nitrogens with one attached hydrogen (secondary N) is 1. The van der Waals surface area contributed by atoms with Crippen LogP contribution in [-0.2, 0) is 5.75 Å². The van der Waals surface area contributed by atoms with E-state index in [0.29, 0.717) is 17.4 Å². The Hall–Kier alpha value is -2.73. The lowest BCUT2D eigenvalue weighted by atomic mass is 10.1. The first-order valence-electron chi connectivity index (χ1n) is 9.22. The lowest BCUT2D eigenvalue weighted by Crippen LogP contribution is -2.25. The number of hydrogen-bond donors (Lipinski definition) is 1. The summed E-state index contributed by atoms with van der Waals surface area (Å²) in [6, 6.07) is 15.7. The molecule has 0 unspecified atom stereocenters. The average Bonchev–Trinajstić information content (AvgIpc) is 3.55. The Kier molecular flexibility index (Phi) is 5.39. The number of aromatic nitrogens is 1. The third-order valence-corrected chi connectivity index (χ3v) is 5.67. The summed E-state index contributed by atoms with van der Waals surface area (Å²) in [4.78, 5) is 17.5. The number of thioether (sulfide) groups is 1. The second-order valence-corrected chi connectivity index (χ2v) is 7.74. The molecule has 1 aromatic heterocycles. The zero-order valence-corrected chi connectivity index (χ0v) is 16.7. The fourth-order valence-electron chi connectivity index (χ4n) is 3.05. The molecule has 0 radical (unpaired) electrons. The van der Waals surface area contributed by atoms with Crippen LogP contribution < -0.4 is 14.8 Å². The van der Waals surface area contributed by atoms with Gasteiger partial charge in [0, 0.05) is 22.7 Å². The molecule has 0 bridgehead atoms. The molecule has 1 N–H and O–H groups in total. The summed E-state index contributed by atoms with van der Waals surface area (Å²) >= 11 is 1.58. The highest BCUT2D eigenvalue weighted by molar-refractivity contribution is 7.98. The van der Waals surface area contributed by atoms with Crippen LogP contribution in [0.4, 0.5) is 0 Å². The molecule has 28 heavy (non-hydrogen) atoms. The van der Waals surface area contributed by atoms with E-state index in [-0.39, 0.29) is 5.91 Å². The highest BCUT2D eigenvalue weighted by atomic mass is 32.2. The molecule has 1 saturated carbocycles. The van der Waals surface area contributed by atoms with Gasteiger partial charge in [0.15, 0.2) is 0 Å². The van der Waals surface area contributed by atoms with Gasteiger partial charge in [-0.3, -0.25) is 4.79 Å². The van der Waals surface area contributed by atoms with E-state index in [9.17, 15) is 4.79 Å². The smallest absolute Gasteiger partial charge is 0.252 e. The number of carbonyl (C=O) groups is 1. The van der Waals surface area contributed by atoms with Gasteiger partial charge in [-0.25, -0.2) is 4.98 Å². The van der Waals surface area contributed by atoms with Crippen LogP contribution in [0.3, 0.4) is 0 Å². The predicted molar refractivity (Wildman–Crippen MR) is 111 cm³/mol. The topological polar surface area (TPSA) is 60.5 Å². The summed E-state index contributed by atoms with van der Waals surface area (Å²) in [6.45, 7) is 0. The zero-order chi connectivity index (χ0) is 19.5. The van der Waals surface area contributed by atoms with Crippen LogP contribution in [-0.4, -0.2) is 31.2 Å². The van der Waals surface area contributed by atoms with E-state index in [1.54, 1.807) is 26.0 Å². The third kappa shape index (κ3) is 4.07. The number of benzene rings is 2. The number of para-hydroxylation sites is 1. The van der Waals surface area contributed by atoms with Crippen LogP contribution in [0.5, 0.6) is 11.5 Å². The van der Waals surface area contributed by atoms with Crippen LogP contribution in [0.2, 0.25) is 0 Å². The van der Waals surface area contributed by atoms with E-state index in [2.05, 4.69) is 5.32 Å². The lowest BCUT2D eigenvalue weighted by Gasteiger charge is -2.12. The van der Waals surface area contributed by atoms with E-state index in [4.69, 9.17) is 14.5 Å². The van der Waals surface area contributed by atoms with Gasteiger partial charge in [-0.15, -0.1) is 11.8 Å². The van der Waals surface area contributed by atoms with Gasteiger partial charge in [-0.2, -0.15) is 0 Å². The number of amides is 1. The molecule has 0 saturated heterocycles. The zero-order valence-electron chi connectivity index (χ0n) is 15.9. The SMILES string of the molecule is COc1ccc(OC)c(CSc2cc(C(=O)NC3CC3)c3ccccc3n2)c1. The Morgan fingerprint density at radius 1 is 1.14 bits per heavy atom. The number of fused-ring (bicyclic) bond motifs is 1. The Labute approximate surface area is 168 Å². The highest BCUT2D eigenvalue weighted by Crippen LogP contribution is 2.32. The van der Waals surface area contributed by atoms with Crippen molar-refractivity contribution < 1.29 is 14.3 Å². The molecular weight excluding hydrogens is 372 g/mol. The summed E-state index contributed by atoms with van der Waals surface area (Å²) < 4.78 is 10.8. The van der Waals surface area contributed by atoms with Gasteiger partial charge in [-0.1, -0.05) is 18.2 Å². The molecule has 2 aromatic carbocycles. The molecule has 4 rings (SSSR count). The molecule has 0 atom stereocenters. The maximum Gasteiger partial charge on any atom is 0.252 e. The van der Waals surface area contributed by atoms with Crippen LogP contribution in [0, 0.1) is 0 Å². The van der Waals surface area contributed by atoms with Crippen molar-refractivity contribution in [2.45, 2.75) is 29.7 Å². The van der Waals surface area contributed by atoms with Crippen molar-refractivity contribution in [1.29, 1.82) is 0 Å². The standard InChI is InChI=1S/C22H22N2O3S/c1-26-16-9-10-20(27-2)14(11-16)13-28-21-12-18(22(25)23-15-7-8-15)17-5-3-4-6-19(17)24-21/h3-6,9-12,15H,7-8,13H2,1-2H3,(H,23,25). The first kappa shape index (κ1) is 18.6. The summed E-state index contributed by atoms with van der Waals surface area (Å²) in [5.41, 5.74) is 2.52. The number of rotatable bonds is 7. The minimum atomic E-state index is -0.0260. The number of pyridine rings is 1. The molecule has 0 spiro atoms. The molecule has 1 fully saturated rings. The first-order valence-corrected chi connectivity index (χ1v) is 10.2. The minimum absolute atomic E-state index is 0.0260. The van der Waals surface area contributed by atoms with E-state index in [1.807, 2.05) is 48.5 Å². The van der Waals surface area contributed by atoms with E-state index in [0.717, 1.165) is 45.8 Å². The third-order valence-electron chi connectivity index (χ3n) is 4.71. The van der Waals surface area contributed by atoms with Crippen LogP contribution in [0.15, 0.2) is 53.6 Å². The molecule has 144 valence electrons. The monoisotopic (exact) mass is 394 g/mol. The van der Waals surface area contributed by atoms with Crippen molar-refractivity contribution in [3.05, 3.63) is 59.7 Å². The Bertz CT molecular complexity index is 1020. The summed E-state index contributed by atoms with van der Waals surface area (Å²) in [5, 5.41) is 4.77. The molecule has 6 heteroatoms. The van der Waals surface area contributed by atoms with Gasteiger partial charge in [0.2, 0.25) is 0 Å². The molecule has 0 aliphatic heterocycles. The summed E-state index contributed by atoms with van der Waals surface area (Å²) in [6.07, 6.45) is 2.12. The fraction of sp³-hybridized carbons (Fsp3) is 0.273.